The lowest BCUT2D eigenvalue weighted by molar-refractivity contribution is -0.123. The van der Waals surface area contributed by atoms with E-state index in [1.165, 1.54) is 26.4 Å². The van der Waals surface area contributed by atoms with Crippen molar-refractivity contribution < 1.29 is 28.6 Å². The summed E-state index contributed by atoms with van der Waals surface area (Å²) in [5.41, 5.74) is 1.05. The summed E-state index contributed by atoms with van der Waals surface area (Å²) in [4.78, 5) is 35.5. The monoisotopic (exact) mass is 372 g/mol. The van der Waals surface area contributed by atoms with Crippen LogP contribution in [-0.4, -0.2) is 38.7 Å². The highest BCUT2D eigenvalue weighted by atomic mass is 16.5. The van der Waals surface area contributed by atoms with E-state index in [2.05, 4.69) is 10.6 Å². The van der Waals surface area contributed by atoms with Gasteiger partial charge in [-0.2, -0.15) is 0 Å². The highest BCUT2D eigenvalue weighted by Crippen LogP contribution is 2.22. The number of carbonyl (C=O) groups excluding carboxylic acids is 3. The lowest BCUT2D eigenvalue weighted by Gasteiger charge is -2.09. The second kappa shape index (κ2) is 9.81. The van der Waals surface area contributed by atoms with Crippen molar-refractivity contribution in [3.8, 4) is 11.5 Å². The highest BCUT2D eigenvalue weighted by molar-refractivity contribution is 5.97. The van der Waals surface area contributed by atoms with E-state index in [9.17, 15) is 14.4 Å². The van der Waals surface area contributed by atoms with E-state index in [0.717, 1.165) is 5.56 Å². The fourth-order valence-electron chi connectivity index (χ4n) is 2.12. The molecule has 2 N–H and O–H groups in total. The molecule has 2 aromatic rings. The van der Waals surface area contributed by atoms with Gasteiger partial charge in [-0.25, -0.2) is 9.59 Å². The summed E-state index contributed by atoms with van der Waals surface area (Å²) in [6.45, 7) is -0.333. The van der Waals surface area contributed by atoms with Crippen LogP contribution in [0.3, 0.4) is 0 Å². The molecular formula is C19H20N2O6. The molecule has 0 aliphatic carbocycles. The van der Waals surface area contributed by atoms with Crippen molar-refractivity contribution in [2.24, 2.45) is 0 Å². The lowest BCUT2D eigenvalue weighted by atomic mass is 10.2. The largest absolute Gasteiger partial charge is 0.497 e. The van der Waals surface area contributed by atoms with Crippen molar-refractivity contribution in [3.05, 3.63) is 59.7 Å². The van der Waals surface area contributed by atoms with Gasteiger partial charge in [0.05, 0.1) is 19.8 Å². The first-order chi connectivity index (χ1) is 13.0. The molecule has 0 saturated heterocycles. The molecule has 0 saturated carbocycles. The molecule has 27 heavy (non-hydrogen) atoms. The normalized spacial score (nSPS) is 9.85. The van der Waals surface area contributed by atoms with Gasteiger partial charge >= 0.3 is 12.0 Å². The van der Waals surface area contributed by atoms with E-state index in [0.29, 0.717) is 11.5 Å². The second-order valence-electron chi connectivity index (χ2n) is 5.39. The predicted octanol–water partition coefficient (Wildman–Crippen LogP) is 1.89. The van der Waals surface area contributed by atoms with Gasteiger partial charge in [0.2, 0.25) is 0 Å². The molecule has 2 aromatic carbocycles. The molecule has 0 atom stereocenters. The quantitative estimate of drug-likeness (QED) is 0.720. The fourth-order valence-corrected chi connectivity index (χ4v) is 2.12. The number of esters is 1. The number of imide groups is 1. The van der Waals surface area contributed by atoms with E-state index in [4.69, 9.17) is 14.2 Å². The van der Waals surface area contributed by atoms with Crippen LogP contribution < -0.4 is 20.1 Å². The smallest absolute Gasteiger partial charge is 0.338 e. The van der Waals surface area contributed by atoms with Gasteiger partial charge in [-0.3, -0.25) is 10.1 Å². The molecule has 0 fully saturated rings. The summed E-state index contributed by atoms with van der Waals surface area (Å²) in [7, 11) is 2.90. The average Bonchev–Trinajstić information content (AvgIpc) is 2.70. The van der Waals surface area contributed by atoms with Crippen LogP contribution in [0.4, 0.5) is 4.79 Å². The molecule has 2 rings (SSSR count). The Hall–Kier alpha value is -3.55. The lowest BCUT2D eigenvalue weighted by Crippen LogP contribution is -2.41. The number of methoxy groups -OCH3 is 2. The average molecular weight is 372 g/mol. The molecule has 0 heterocycles. The fraction of sp³-hybridized carbons (Fsp3) is 0.211. The molecule has 0 aliphatic rings. The Morgan fingerprint density at radius 1 is 0.926 bits per heavy atom. The third-order valence-corrected chi connectivity index (χ3v) is 3.47. The first-order valence-corrected chi connectivity index (χ1v) is 8.03. The minimum Gasteiger partial charge on any atom is -0.497 e. The molecular weight excluding hydrogens is 352 g/mol. The molecule has 0 unspecified atom stereocenters. The first-order valence-electron chi connectivity index (χ1n) is 8.03. The summed E-state index contributed by atoms with van der Waals surface area (Å²) in [6.07, 6.45) is 0. The van der Waals surface area contributed by atoms with E-state index in [1.807, 2.05) is 30.3 Å². The van der Waals surface area contributed by atoms with E-state index in [1.54, 1.807) is 6.07 Å². The van der Waals surface area contributed by atoms with Gasteiger partial charge in [-0.05, 0) is 17.7 Å². The maximum Gasteiger partial charge on any atom is 0.338 e. The number of nitrogens with one attached hydrogen (secondary N) is 2. The third kappa shape index (κ3) is 6.35. The van der Waals surface area contributed by atoms with Crippen molar-refractivity contribution in [2.75, 3.05) is 20.8 Å². The van der Waals surface area contributed by atoms with Crippen LogP contribution in [0.15, 0.2) is 48.5 Å². The van der Waals surface area contributed by atoms with Gasteiger partial charge in [-0.15, -0.1) is 0 Å². The van der Waals surface area contributed by atoms with Gasteiger partial charge in [-0.1, -0.05) is 30.3 Å². The van der Waals surface area contributed by atoms with Gasteiger partial charge in [0.15, 0.2) is 6.61 Å². The van der Waals surface area contributed by atoms with Crippen molar-refractivity contribution in [3.63, 3.8) is 0 Å². The van der Waals surface area contributed by atoms with Crippen LogP contribution >= 0.6 is 0 Å². The summed E-state index contributed by atoms with van der Waals surface area (Å²) < 4.78 is 15.0. The van der Waals surface area contributed by atoms with Crippen LogP contribution in [0, 0.1) is 0 Å². The Labute approximate surface area is 156 Å². The number of hydrogen-bond acceptors (Lipinski definition) is 6. The topological polar surface area (TPSA) is 103 Å². The van der Waals surface area contributed by atoms with Crippen LogP contribution in [0.2, 0.25) is 0 Å². The molecule has 0 radical (unpaired) electrons. The zero-order chi connectivity index (χ0) is 19.6. The Morgan fingerprint density at radius 2 is 1.56 bits per heavy atom. The standard InChI is InChI=1S/C19H20N2O6/c1-25-15-8-14(9-16(10-15)26-2)18(23)27-12-17(22)21-19(24)20-11-13-6-4-3-5-7-13/h3-10H,11-12H2,1-2H3,(H2,20,21,22,24). The van der Waals surface area contributed by atoms with E-state index < -0.39 is 24.5 Å². The van der Waals surface area contributed by atoms with Crippen LogP contribution in [0.5, 0.6) is 11.5 Å². The molecule has 0 spiro atoms. The molecule has 8 nitrogen and oxygen atoms in total. The van der Waals surface area contributed by atoms with Crippen LogP contribution in [0.1, 0.15) is 15.9 Å². The van der Waals surface area contributed by atoms with Gasteiger partial charge < -0.3 is 19.5 Å². The third-order valence-electron chi connectivity index (χ3n) is 3.47. The maximum atomic E-state index is 12.1. The SMILES string of the molecule is COc1cc(OC)cc(C(=O)OCC(=O)NC(=O)NCc2ccccc2)c1. The number of ether oxygens (including phenoxy) is 3. The van der Waals surface area contributed by atoms with Gasteiger partial charge in [0, 0.05) is 12.6 Å². The number of rotatable bonds is 7. The highest BCUT2D eigenvalue weighted by Gasteiger charge is 2.14. The van der Waals surface area contributed by atoms with Gasteiger partial charge in [0.25, 0.3) is 5.91 Å². The predicted molar refractivity (Wildman–Crippen MR) is 96.6 cm³/mol. The number of amides is 3. The Morgan fingerprint density at radius 3 is 2.15 bits per heavy atom. The molecule has 142 valence electrons. The summed E-state index contributed by atoms with van der Waals surface area (Å²) in [5, 5.41) is 4.62. The van der Waals surface area contributed by atoms with Crippen molar-refractivity contribution in [1.29, 1.82) is 0 Å². The zero-order valence-corrected chi connectivity index (χ0v) is 15.0. The Bertz CT molecular complexity index is 785. The summed E-state index contributed by atoms with van der Waals surface area (Å²) in [6, 6.07) is 13.0. The van der Waals surface area contributed by atoms with Crippen LogP contribution in [0.25, 0.3) is 0 Å². The Balaban J connectivity index is 1.80. The molecule has 0 aromatic heterocycles. The number of benzene rings is 2. The maximum absolute atomic E-state index is 12.1. The van der Waals surface area contributed by atoms with Gasteiger partial charge in [0.1, 0.15) is 11.5 Å². The molecule has 0 aliphatic heterocycles. The Kier molecular flexibility index (Phi) is 7.18. The van der Waals surface area contributed by atoms with E-state index in [-0.39, 0.29) is 12.1 Å². The van der Waals surface area contributed by atoms with Crippen LogP contribution in [-0.2, 0) is 16.1 Å². The van der Waals surface area contributed by atoms with Crippen molar-refractivity contribution >= 4 is 17.9 Å². The number of carbonyl (C=O) groups is 3. The number of hydrogen-bond donors (Lipinski definition) is 2. The second-order valence-corrected chi connectivity index (χ2v) is 5.39. The summed E-state index contributed by atoms with van der Waals surface area (Å²) in [5.74, 6) is -0.673. The minimum absolute atomic E-state index is 0.160. The molecule has 0 bridgehead atoms. The van der Waals surface area contributed by atoms with Crippen molar-refractivity contribution in [2.45, 2.75) is 6.54 Å². The van der Waals surface area contributed by atoms with E-state index >= 15 is 0 Å². The van der Waals surface area contributed by atoms with Crippen molar-refractivity contribution in [1.82, 2.24) is 10.6 Å². The molecule has 8 heteroatoms. The zero-order valence-electron chi connectivity index (χ0n) is 15.0. The number of urea groups is 1. The first kappa shape index (κ1) is 19.8. The minimum atomic E-state index is -0.747. The molecule has 3 amide bonds. The summed E-state index contributed by atoms with van der Waals surface area (Å²) >= 11 is 0.